The summed E-state index contributed by atoms with van der Waals surface area (Å²) in [6.45, 7) is 5.31. The highest BCUT2D eigenvalue weighted by Gasteiger charge is 1.78. The molecule has 0 aromatic heterocycles. The van der Waals surface area contributed by atoms with Crippen molar-refractivity contribution in [2.24, 2.45) is 5.73 Å². The maximum atomic E-state index is 8.15. The molecule has 0 rings (SSSR count). The third-order valence-corrected chi connectivity index (χ3v) is 0.577. The molecule has 0 aliphatic heterocycles. The molecule has 0 aliphatic rings. The fraction of sp³-hybridized carbons (Fsp3) is 1.00. The van der Waals surface area contributed by atoms with E-state index in [1.54, 1.807) is 0 Å². The quantitative estimate of drug-likeness (QED) is 0.398. The Morgan fingerprint density at radius 2 is 1.45 bits per heavy atom. The van der Waals surface area contributed by atoms with Crippen molar-refractivity contribution in [2.45, 2.75) is 19.9 Å². The van der Waals surface area contributed by atoms with Gasteiger partial charge in [-0.3, -0.25) is 0 Å². The average Bonchev–Trinajstić information content (AvgIpc) is 1.88. The van der Waals surface area contributed by atoms with Crippen LogP contribution in [0.4, 0.5) is 0 Å². The number of hydrogen-bond acceptors (Lipinski definition) is 4. The summed E-state index contributed by atoms with van der Waals surface area (Å²) in [6, 6.07) is 0.333. The molecule has 0 aliphatic carbocycles. The topological polar surface area (TPSA) is 78.5 Å². The molecule has 4 heteroatoms. The smallest absolute Gasteiger partial charge is 0.0555 e. The zero-order valence-electron chi connectivity index (χ0n) is 7.38. The van der Waals surface area contributed by atoms with Gasteiger partial charge in [-0.2, -0.15) is 0 Å². The minimum atomic E-state index is 0.139. The van der Waals surface area contributed by atoms with E-state index in [4.69, 9.17) is 15.9 Å². The van der Waals surface area contributed by atoms with E-state index in [-0.39, 0.29) is 13.2 Å². The van der Waals surface area contributed by atoms with Gasteiger partial charge in [0.1, 0.15) is 0 Å². The van der Waals surface area contributed by atoms with Crippen LogP contribution in [0.3, 0.4) is 0 Å². The Balaban J connectivity index is 0. The van der Waals surface area contributed by atoms with Gasteiger partial charge < -0.3 is 21.3 Å². The molecular weight excluding hydrogens is 144 g/mol. The second-order valence-corrected chi connectivity index (χ2v) is 2.44. The Morgan fingerprint density at radius 1 is 1.18 bits per heavy atom. The minimum Gasteiger partial charge on any atom is -0.395 e. The van der Waals surface area contributed by atoms with Gasteiger partial charge >= 0.3 is 0 Å². The van der Waals surface area contributed by atoms with Crippen molar-refractivity contribution in [3.8, 4) is 0 Å². The van der Waals surface area contributed by atoms with Crippen LogP contribution in [0.15, 0.2) is 0 Å². The van der Waals surface area contributed by atoms with E-state index in [9.17, 15) is 0 Å². The van der Waals surface area contributed by atoms with Crippen molar-refractivity contribution in [3.05, 3.63) is 0 Å². The van der Waals surface area contributed by atoms with Crippen molar-refractivity contribution in [1.82, 2.24) is 5.32 Å². The summed E-state index contributed by atoms with van der Waals surface area (Å²) in [5.74, 6) is 0. The maximum Gasteiger partial charge on any atom is 0.0555 e. The molecule has 0 heterocycles. The van der Waals surface area contributed by atoms with Gasteiger partial charge in [0.25, 0.3) is 0 Å². The van der Waals surface area contributed by atoms with Crippen molar-refractivity contribution in [1.29, 1.82) is 0 Å². The predicted molar refractivity (Wildman–Crippen MR) is 46.4 cm³/mol. The molecule has 0 radical (unpaired) electrons. The fourth-order valence-electron chi connectivity index (χ4n) is 0.283. The van der Waals surface area contributed by atoms with Crippen molar-refractivity contribution in [2.75, 3.05) is 26.3 Å². The van der Waals surface area contributed by atoms with E-state index in [0.29, 0.717) is 19.1 Å². The number of nitrogens with one attached hydrogen (secondary N) is 1. The molecular formula is C7H20N2O2. The van der Waals surface area contributed by atoms with Crippen LogP contribution in [0.2, 0.25) is 0 Å². The number of aliphatic hydroxyl groups is 2. The summed E-state index contributed by atoms with van der Waals surface area (Å²) in [7, 11) is 0. The van der Waals surface area contributed by atoms with Crippen LogP contribution >= 0.6 is 0 Å². The lowest BCUT2D eigenvalue weighted by Crippen LogP contribution is -2.21. The Morgan fingerprint density at radius 3 is 1.64 bits per heavy atom. The van der Waals surface area contributed by atoms with Gasteiger partial charge in [-0.25, -0.2) is 0 Å². The second kappa shape index (κ2) is 12.5. The lowest BCUT2D eigenvalue weighted by atomic mass is 10.5. The largest absolute Gasteiger partial charge is 0.395 e. The molecule has 0 fully saturated rings. The van der Waals surface area contributed by atoms with E-state index in [1.807, 2.05) is 13.8 Å². The molecule has 5 N–H and O–H groups in total. The van der Waals surface area contributed by atoms with Gasteiger partial charge in [0.15, 0.2) is 0 Å². The van der Waals surface area contributed by atoms with Gasteiger partial charge in [-0.05, 0) is 6.04 Å². The molecule has 11 heavy (non-hydrogen) atoms. The molecule has 4 nitrogen and oxygen atoms in total. The Labute approximate surface area is 68.4 Å². The van der Waals surface area contributed by atoms with E-state index < -0.39 is 0 Å². The van der Waals surface area contributed by atoms with Crippen molar-refractivity contribution >= 4 is 0 Å². The molecule has 0 bridgehead atoms. The summed E-state index contributed by atoms with van der Waals surface area (Å²) in [5, 5.41) is 19.1. The normalized spacial score (nSPS) is 9.27. The first kappa shape index (κ1) is 13.4. The SMILES string of the molecule is CC(C)N.OCCNCCO. The highest BCUT2D eigenvalue weighted by atomic mass is 16.3. The molecule has 0 amide bonds. The van der Waals surface area contributed by atoms with Gasteiger partial charge in [0.05, 0.1) is 13.2 Å². The summed E-state index contributed by atoms with van der Waals surface area (Å²) in [5.41, 5.74) is 5.11. The Bertz CT molecular complexity index is 53.6. The highest BCUT2D eigenvalue weighted by Crippen LogP contribution is 1.58. The number of nitrogens with two attached hydrogens (primary N) is 1. The second-order valence-electron chi connectivity index (χ2n) is 2.44. The average molecular weight is 164 g/mol. The maximum absolute atomic E-state index is 8.15. The summed E-state index contributed by atoms with van der Waals surface area (Å²) in [4.78, 5) is 0. The minimum absolute atomic E-state index is 0.139. The van der Waals surface area contributed by atoms with Crippen LogP contribution in [0.25, 0.3) is 0 Å². The summed E-state index contributed by atoms with van der Waals surface area (Å²) < 4.78 is 0. The lowest BCUT2D eigenvalue weighted by Gasteiger charge is -1.94. The monoisotopic (exact) mass is 164 g/mol. The molecule has 0 unspecified atom stereocenters. The fourth-order valence-corrected chi connectivity index (χ4v) is 0.283. The van der Waals surface area contributed by atoms with Crippen LogP contribution in [0.5, 0.6) is 0 Å². The molecule has 0 saturated heterocycles. The first-order chi connectivity index (χ1) is 5.15. The third kappa shape index (κ3) is 41.0. The summed E-state index contributed by atoms with van der Waals surface area (Å²) >= 11 is 0. The lowest BCUT2D eigenvalue weighted by molar-refractivity contribution is 0.267. The standard InChI is InChI=1S/C4H11NO2.C3H9N/c6-3-1-5-2-4-7;1-3(2)4/h5-7H,1-4H2;3H,4H2,1-2H3. The van der Waals surface area contributed by atoms with E-state index in [2.05, 4.69) is 5.32 Å². The number of hydrogen-bond donors (Lipinski definition) is 4. The van der Waals surface area contributed by atoms with Crippen molar-refractivity contribution in [3.63, 3.8) is 0 Å². The van der Waals surface area contributed by atoms with Crippen LogP contribution < -0.4 is 11.1 Å². The third-order valence-electron chi connectivity index (χ3n) is 0.577. The number of rotatable bonds is 4. The van der Waals surface area contributed by atoms with Crippen molar-refractivity contribution < 1.29 is 10.2 Å². The van der Waals surface area contributed by atoms with Gasteiger partial charge in [0, 0.05) is 13.1 Å². The van der Waals surface area contributed by atoms with Gasteiger partial charge in [-0.1, -0.05) is 13.8 Å². The molecule has 0 aromatic rings. The Hall–Kier alpha value is -0.160. The first-order valence-corrected chi connectivity index (χ1v) is 3.83. The first-order valence-electron chi connectivity index (χ1n) is 3.83. The van der Waals surface area contributed by atoms with Crippen LogP contribution in [0, 0.1) is 0 Å². The highest BCUT2D eigenvalue weighted by molar-refractivity contribution is 4.39. The van der Waals surface area contributed by atoms with E-state index in [0.717, 1.165) is 0 Å². The van der Waals surface area contributed by atoms with E-state index >= 15 is 0 Å². The molecule has 70 valence electrons. The molecule has 0 saturated carbocycles. The molecule has 0 spiro atoms. The summed E-state index contributed by atoms with van der Waals surface area (Å²) in [6.07, 6.45) is 0. The van der Waals surface area contributed by atoms with Gasteiger partial charge in [-0.15, -0.1) is 0 Å². The van der Waals surface area contributed by atoms with Crippen LogP contribution in [0.1, 0.15) is 13.8 Å². The predicted octanol–water partition coefficient (Wildman–Crippen LogP) is -1.09. The number of aliphatic hydroxyl groups excluding tert-OH is 2. The Kier molecular flexibility index (Phi) is 15.3. The van der Waals surface area contributed by atoms with Gasteiger partial charge in [0.2, 0.25) is 0 Å². The zero-order chi connectivity index (χ0) is 9.11. The van der Waals surface area contributed by atoms with Crippen LogP contribution in [-0.4, -0.2) is 42.6 Å². The van der Waals surface area contributed by atoms with Crippen LogP contribution in [-0.2, 0) is 0 Å². The molecule has 0 aromatic carbocycles. The molecule has 0 atom stereocenters. The zero-order valence-corrected chi connectivity index (χ0v) is 7.38. The van der Waals surface area contributed by atoms with E-state index in [1.165, 1.54) is 0 Å².